The summed E-state index contributed by atoms with van der Waals surface area (Å²) in [7, 11) is 0. The second kappa shape index (κ2) is 18.0. The van der Waals surface area contributed by atoms with Crippen molar-refractivity contribution in [1.82, 2.24) is 0 Å². The van der Waals surface area contributed by atoms with Crippen LogP contribution >= 0.6 is 0 Å². The second-order valence-electron chi connectivity index (χ2n) is 15.9. The summed E-state index contributed by atoms with van der Waals surface area (Å²) >= 11 is 0. The van der Waals surface area contributed by atoms with E-state index in [9.17, 15) is 0 Å². The minimum atomic E-state index is 0.521. The van der Waals surface area contributed by atoms with E-state index in [2.05, 4.69) is 99.2 Å². The van der Waals surface area contributed by atoms with Crippen LogP contribution in [-0.4, -0.2) is 0 Å². The summed E-state index contributed by atoms with van der Waals surface area (Å²) in [6, 6.07) is 11.9. The third-order valence-electron chi connectivity index (χ3n) is 12.2. The Hall–Kier alpha value is -1.56. The van der Waals surface area contributed by atoms with Crippen LogP contribution in [-0.2, 0) is 6.42 Å². The van der Waals surface area contributed by atoms with Crippen molar-refractivity contribution in [3.8, 4) is 0 Å². The van der Waals surface area contributed by atoms with Crippen molar-refractivity contribution in [2.45, 2.75) is 171 Å². The first-order valence-electron chi connectivity index (χ1n) is 19.3. The normalized spacial score (nSPS) is 19.0. The summed E-state index contributed by atoms with van der Waals surface area (Å²) in [6.45, 7) is 26.3. The summed E-state index contributed by atoms with van der Waals surface area (Å²) in [6.07, 6.45) is 21.8. The van der Waals surface area contributed by atoms with Crippen LogP contribution in [0.15, 0.2) is 36.9 Å². The largest absolute Gasteiger partial charge is 0.0952 e. The number of allylic oxidation sites excluding steroid dienone is 1. The number of unbranched alkanes of at least 4 members (excludes halogenated alkanes) is 2. The molecule has 5 atom stereocenters. The van der Waals surface area contributed by atoms with E-state index in [1.54, 1.807) is 5.56 Å². The molecule has 0 spiro atoms. The maximum absolute atomic E-state index is 4.54. The average Bonchev–Trinajstić information content (AvgIpc) is 3.79. The molecule has 1 aliphatic rings. The van der Waals surface area contributed by atoms with Gasteiger partial charge in [-0.15, -0.1) is 0 Å². The first kappa shape index (κ1) is 36.9. The van der Waals surface area contributed by atoms with Crippen LogP contribution in [0.2, 0.25) is 0 Å². The Kier molecular flexibility index (Phi) is 15.1. The van der Waals surface area contributed by atoms with Gasteiger partial charge in [0.25, 0.3) is 0 Å². The van der Waals surface area contributed by atoms with Gasteiger partial charge in [0, 0.05) is 0 Å². The second-order valence-corrected chi connectivity index (χ2v) is 15.9. The molecule has 1 fully saturated rings. The fraction of sp³-hybridized carbons (Fsp3) is 0.727. The van der Waals surface area contributed by atoms with E-state index < -0.39 is 0 Å². The van der Waals surface area contributed by atoms with E-state index in [4.69, 9.17) is 0 Å². The molecule has 1 aliphatic carbocycles. The van der Waals surface area contributed by atoms with Gasteiger partial charge in [0.1, 0.15) is 0 Å². The maximum Gasteiger partial charge on any atom is -0.00714 e. The van der Waals surface area contributed by atoms with Crippen molar-refractivity contribution >= 4 is 16.3 Å². The summed E-state index contributed by atoms with van der Waals surface area (Å²) in [5.74, 6) is 4.99. The fourth-order valence-corrected chi connectivity index (χ4v) is 8.48. The van der Waals surface area contributed by atoms with Gasteiger partial charge in [-0.25, -0.2) is 0 Å². The Labute approximate surface area is 275 Å². The standard InChI is InChI=1S/C44H72/c1-11-15-21-35(9)40-26-25-37(41-24-18-23-39(32(5)6)43(40)41)29-34(8)30-38-31-42(38)36(10)22-16-17-27-44(13-3,14-4)28-19-20-33(7)12-2/h18,23-26,32-34,36,38,42H,9,11-17,19-22,27-31H2,1-8,10H3. The molecule has 5 unspecified atom stereocenters. The van der Waals surface area contributed by atoms with E-state index in [-0.39, 0.29) is 0 Å². The Morgan fingerprint density at radius 1 is 0.841 bits per heavy atom. The highest BCUT2D eigenvalue weighted by atomic mass is 14.5. The monoisotopic (exact) mass is 601 g/mol. The van der Waals surface area contributed by atoms with Crippen LogP contribution in [0.25, 0.3) is 16.3 Å². The van der Waals surface area contributed by atoms with E-state index >= 15 is 0 Å². The zero-order chi connectivity index (χ0) is 32.3. The molecule has 0 bridgehead atoms. The summed E-state index contributed by atoms with van der Waals surface area (Å²) in [5, 5.41) is 2.96. The van der Waals surface area contributed by atoms with Crippen molar-refractivity contribution < 1.29 is 0 Å². The molecule has 0 saturated heterocycles. The zero-order valence-corrected chi connectivity index (χ0v) is 30.9. The molecule has 3 rings (SSSR count). The molecule has 1 saturated carbocycles. The highest BCUT2D eigenvalue weighted by molar-refractivity contribution is 5.98. The van der Waals surface area contributed by atoms with Crippen LogP contribution in [0.1, 0.15) is 181 Å². The Balaban J connectivity index is 1.52. The van der Waals surface area contributed by atoms with Gasteiger partial charge in [-0.2, -0.15) is 0 Å². The molecule has 0 aliphatic heterocycles. The van der Waals surface area contributed by atoms with E-state index in [1.165, 1.54) is 124 Å². The molecule has 0 heteroatoms. The first-order chi connectivity index (χ1) is 21.1. The first-order valence-corrected chi connectivity index (χ1v) is 19.3. The highest BCUT2D eigenvalue weighted by Gasteiger charge is 2.41. The third-order valence-corrected chi connectivity index (χ3v) is 12.2. The number of hydrogen-bond donors (Lipinski definition) is 0. The lowest BCUT2D eigenvalue weighted by Gasteiger charge is -2.32. The molecule has 0 radical (unpaired) electrons. The minimum Gasteiger partial charge on any atom is -0.0952 e. The quantitative estimate of drug-likeness (QED) is 0.118. The van der Waals surface area contributed by atoms with Crippen LogP contribution < -0.4 is 0 Å². The molecule has 248 valence electrons. The molecule has 0 aromatic heterocycles. The number of hydrogen-bond acceptors (Lipinski definition) is 0. The van der Waals surface area contributed by atoms with E-state index in [0.717, 1.165) is 36.0 Å². The van der Waals surface area contributed by atoms with Gasteiger partial charge in [0.15, 0.2) is 0 Å². The lowest BCUT2D eigenvalue weighted by atomic mass is 9.73. The molecule has 0 nitrogen and oxygen atoms in total. The predicted octanol–water partition coefficient (Wildman–Crippen LogP) is 14.6. The molecule has 2 aromatic rings. The number of rotatable bonds is 22. The number of fused-ring (bicyclic) bond motifs is 1. The smallest absolute Gasteiger partial charge is 0.00714 e. The van der Waals surface area contributed by atoms with Gasteiger partial charge in [0.05, 0.1) is 0 Å². The minimum absolute atomic E-state index is 0.521. The van der Waals surface area contributed by atoms with Crippen molar-refractivity contribution in [2.24, 2.45) is 35.0 Å². The number of benzene rings is 2. The van der Waals surface area contributed by atoms with Gasteiger partial charge in [-0.05, 0) is 119 Å². The van der Waals surface area contributed by atoms with Gasteiger partial charge >= 0.3 is 0 Å². The van der Waals surface area contributed by atoms with Gasteiger partial charge in [0.2, 0.25) is 0 Å². The Morgan fingerprint density at radius 3 is 2.23 bits per heavy atom. The molecule has 0 N–H and O–H groups in total. The topological polar surface area (TPSA) is 0 Å². The van der Waals surface area contributed by atoms with Crippen molar-refractivity contribution in [2.75, 3.05) is 0 Å². The molecular weight excluding hydrogens is 528 g/mol. The maximum atomic E-state index is 4.54. The lowest BCUT2D eigenvalue weighted by molar-refractivity contribution is 0.197. The molecule has 0 heterocycles. The third kappa shape index (κ3) is 10.2. The fourth-order valence-electron chi connectivity index (χ4n) is 8.48. The van der Waals surface area contributed by atoms with Crippen LogP contribution in [0, 0.1) is 35.0 Å². The molecule has 2 aromatic carbocycles. The summed E-state index contributed by atoms with van der Waals surface area (Å²) in [4.78, 5) is 0. The van der Waals surface area contributed by atoms with E-state index in [1.807, 2.05) is 0 Å². The van der Waals surface area contributed by atoms with E-state index in [0.29, 0.717) is 11.3 Å². The van der Waals surface area contributed by atoms with Crippen LogP contribution in [0.3, 0.4) is 0 Å². The zero-order valence-electron chi connectivity index (χ0n) is 30.9. The Bertz CT molecular complexity index is 1130. The van der Waals surface area contributed by atoms with Crippen LogP contribution in [0.4, 0.5) is 0 Å². The Morgan fingerprint density at radius 2 is 1.57 bits per heavy atom. The average molecular weight is 601 g/mol. The van der Waals surface area contributed by atoms with Gasteiger partial charge < -0.3 is 0 Å². The SMILES string of the molecule is C=C(CCCC)c1ccc(CC(C)CC2CC2C(C)CCCCC(CC)(CC)CCCC(C)CC)c2cccc(C(C)C)c12. The lowest BCUT2D eigenvalue weighted by Crippen LogP contribution is -2.19. The highest BCUT2D eigenvalue weighted by Crippen LogP contribution is 2.50. The van der Waals surface area contributed by atoms with Crippen molar-refractivity contribution in [3.63, 3.8) is 0 Å². The van der Waals surface area contributed by atoms with Gasteiger partial charge in [-0.1, -0.05) is 157 Å². The van der Waals surface area contributed by atoms with Crippen LogP contribution in [0.5, 0.6) is 0 Å². The summed E-state index contributed by atoms with van der Waals surface area (Å²) in [5.41, 5.74) is 6.35. The summed E-state index contributed by atoms with van der Waals surface area (Å²) < 4.78 is 0. The molecular formula is C44H72. The molecule has 0 amide bonds. The van der Waals surface area contributed by atoms with Crippen molar-refractivity contribution in [1.29, 1.82) is 0 Å². The molecule has 44 heavy (non-hydrogen) atoms. The predicted molar refractivity (Wildman–Crippen MR) is 200 cm³/mol. The van der Waals surface area contributed by atoms with Crippen molar-refractivity contribution in [3.05, 3.63) is 53.6 Å². The van der Waals surface area contributed by atoms with Gasteiger partial charge in [-0.3, -0.25) is 0 Å².